The van der Waals surface area contributed by atoms with Crippen molar-refractivity contribution in [2.24, 2.45) is 0 Å². The van der Waals surface area contributed by atoms with E-state index in [1.165, 1.54) is 11.8 Å². The summed E-state index contributed by atoms with van der Waals surface area (Å²) in [5.41, 5.74) is 1.78. The quantitative estimate of drug-likeness (QED) is 0.745. The summed E-state index contributed by atoms with van der Waals surface area (Å²) in [7, 11) is 0. The summed E-state index contributed by atoms with van der Waals surface area (Å²) in [6.45, 7) is 0. The van der Waals surface area contributed by atoms with Crippen LogP contribution in [0.3, 0.4) is 0 Å². The van der Waals surface area contributed by atoms with Crippen molar-refractivity contribution < 1.29 is 4.79 Å². The van der Waals surface area contributed by atoms with Crippen LogP contribution in [0.2, 0.25) is 0 Å². The molecule has 3 nitrogen and oxygen atoms in total. The van der Waals surface area contributed by atoms with E-state index in [1.807, 2.05) is 36.4 Å². The van der Waals surface area contributed by atoms with Crippen molar-refractivity contribution in [3.8, 4) is 0 Å². The number of amides is 1. The van der Waals surface area contributed by atoms with Crippen LogP contribution < -0.4 is 5.32 Å². The highest BCUT2D eigenvalue weighted by Crippen LogP contribution is 2.29. The monoisotopic (exact) mass is 299 g/mol. The third-order valence-corrected chi connectivity index (χ3v) is 4.78. The molecule has 0 aliphatic heterocycles. The molecule has 99 valence electrons. The molecule has 0 spiro atoms. The van der Waals surface area contributed by atoms with Crippen LogP contribution in [0.4, 0.5) is 5.69 Å². The van der Waals surface area contributed by atoms with Crippen LogP contribution in [0, 0.1) is 6.07 Å². The van der Waals surface area contributed by atoms with Crippen LogP contribution in [-0.4, -0.2) is 16.6 Å². The molecule has 0 unspecified atom stereocenters. The normalized spacial score (nSPS) is 10.6. The van der Waals surface area contributed by atoms with Crippen molar-refractivity contribution in [2.45, 2.75) is 4.34 Å². The number of hydrogen-bond donors (Lipinski definition) is 1. The van der Waals surface area contributed by atoms with Crippen LogP contribution in [0.15, 0.2) is 52.9 Å². The highest BCUT2D eigenvalue weighted by Gasteiger charge is 2.07. The van der Waals surface area contributed by atoms with E-state index in [4.69, 9.17) is 0 Å². The number of benzene rings is 2. The zero-order valence-electron chi connectivity index (χ0n) is 10.5. The lowest BCUT2D eigenvalue weighted by Gasteiger charge is -2.02. The van der Waals surface area contributed by atoms with Gasteiger partial charge in [0.25, 0.3) is 0 Å². The molecule has 1 amide bonds. The van der Waals surface area contributed by atoms with Crippen LogP contribution >= 0.6 is 23.1 Å². The number of carbonyl (C=O) groups excluding carboxylic acids is 1. The van der Waals surface area contributed by atoms with Gasteiger partial charge in [-0.2, -0.15) is 0 Å². The van der Waals surface area contributed by atoms with Gasteiger partial charge in [-0.25, -0.2) is 4.98 Å². The van der Waals surface area contributed by atoms with Crippen molar-refractivity contribution in [3.05, 3.63) is 54.6 Å². The van der Waals surface area contributed by atoms with E-state index in [-0.39, 0.29) is 5.91 Å². The molecule has 0 atom stereocenters. The van der Waals surface area contributed by atoms with Gasteiger partial charge in [0, 0.05) is 5.69 Å². The minimum atomic E-state index is -0.0274. The standard InChI is InChI=1S/C15H11N2OS2/c18-14(16-11-6-2-1-3-7-11)10-19-15-17-12-8-4-5-9-13(12)20-15/h2-9H,10H2,(H,16,18). The molecule has 0 saturated carbocycles. The highest BCUT2D eigenvalue weighted by atomic mass is 32.2. The van der Waals surface area contributed by atoms with Gasteiger partial charge in [-0.1, -0.05) is 36.0 Å². The lowest BCUT2D eigenvalue weighted by molar-refractivity contribution is -0.113. The van der Waals surface area contributed by atoms with Crippen LogP contribution in [0.5, 0.6) is 0 Å². The number of nitrogens with one attached hydrogen (secondary N) is 1. The molecule has 3 rings (SSSR count). The lowest BCUT2D eigenvalue weighted by atomic mass is 10.3. The fourth-order valence-electron chi connectivity index (χ4n) is 1.71. The van der Waals surface area contributed by atoms with Gasteiger partial charge in [-0.15, -0.1) is 11.3 Å². The Balaban J connectivity index is 1.60. The predicted octanol–water partition coefficient (Wildman–Crippen LogP) is 3.83. The largest absolute Gasteiger partial charge is 0.325 e. The molecular weight excluding hydrogens is 288 g/mol. The summed E-state index contributed by atoms with van der Waals surface area (Å²) < 4.78 is 2.07. The molecule has 20 heavy (non-hydrogen) atoms. The summed E-state index contributed by atoms with van der Waals surface area (Å²) in [5, 5.41) is 2.84. The van der Waals surface area contributed by atoms with E-state index in [1.54, 1.807) is 23.5 Å². The van der Waals surface area contributed by atoms with Gasteiger partial charge >= 0.3 is 0 Å². The molecule has 5 heteroatoms. The first-order chi connectivity index (χ1) is 9.81. The second-order valence-electron chi connectivity index (χ2n) is 4.07. The molecule has 1 aromatic heterocycles. The van der Waals surface area contributed by atoms with E-state index in [0.717, 1.165) is 20.2 Å². The molecule has 0 fully saturated rings. The Morgan fingerprint density at radius 2 is 2.05 bits per heavy atom. The third kappa shape index (κ3) is 3.18. The Morgan fingerprint density at radius 3 is 2.85 bits per heavy atom. The van der Waals surface area contributed by atoms with E-state index in [2.05, 4.69) is 16.4 Å². The van der Waals surface area contributed by atoms with Crippen LogP contribution in [-0.2, 0) is 4.79 Å². The zero-order chi connectivity index (χ0) is 13.8. The number of nitrogens with zero attached hydrogens (tertiary/aromatic N) is 1. The molecule has 0 aliphatic rings. The molecular formula is C15H11N2OS2. The maximum atomic E-state index is 11.8. The van der Waals surface area contributed by atoms with E-state index >= 15 is 0 Å². The summed E-state index contributed by atoms with van der Waals surface area (Å²) in [6.07, 6.45) is 0. The number of fused-ring (bicyclic) bond motifs is 1. The van der Waals surface area contributed by atoms with Gasteiger partial charge in [0.1, 0.15) is 0 Å². The molecule has 1 heterocycles. The molecule has 3 aromatic rings. The predicted molar refractivity (Wildman–Crippen MR) is 84.3 cm³/mol. The van der Waals surface area contributed by atoms with Gasteiger partial charge in [-0.05, 0) is 30.3 Å². The minimum Gasteiger partial charge on any atom is -0.325 e. The van der Waals surface area contributed by atoms with Gasteiger partial charge in [0.05, 0.1) is 16.0 Å². The molecule has 1 N–H and O–H groups in total. The number of thioether (sulfide) groups is 1. The number of aromatic nitrogens is 1. The Bertz CT molecular complexity index is 692. The van der Waals surface area contributed by atoms with Crippen LogP contribution in [0.1, 0.15) is 0 Å². The number of thiazole rings is 1. The molecule has 0 aliphatic carbocycles. The number of carbonyl (C=O) groups is 1. The Labute approximate surface area is 125 Å². The smallest absolute Gasteiger partial charge is 0.234 e. The Morgan fingerprint density at radius 1 is 1.25 bits per heavy atom. The topological polar surface area (TPSA) is 42.0 Å². The number of anilines is 1. The van der Waals surface area contributed by atoms with E-state index in [9.17, 15) is 4.79 Å². The molecule has 0 saturated heterocycles. The first kappa shape index (κ1) is 13.1. The number of para-hydroxylation sites is 1. The van der Waals surface area contributed by atoms with Gasteiger partial charge in [0.2, 0.25) is 5.91 Å². The van der Waals surface area contributed by atoms with Crippen molar-refractivity contribution in [1.82, 2.24) is 4.98 Å². The fraction of sp³-hybridized carbons (Fsp3) is 0.0667. The third-order valence-electron chi connectivity index (χ3n) is 2.60. The first-order valence-corrected chi connectivity index (χ1v) is 7.86. The Kier molecular flexibility index (Phi) is 3.99. The van der Waals surface area contributed by atoms with Gasteiger partial charge < -0.3 is 5.32 Å². The summed E-state index contributed by atoms with van der Waals surface area (Å²) >= 11 is 3.07. The first-order valence-electron chi connectivity index (χ1n) is 6.05. The average molecular weight is 299 g/mol. The second kappa shape index (κ2) is 6.07. The minimum absolute atomic E-state index is 0.0274. The highest BCUT2D eigenvalue weighted by molar-refractivity contribution is 8.01. The van der Waals surface area contributed by atoms with Crippen molar-refractivity contribution in [1.29, 1.82) is 0 Å². The van der Waals surface area contributed by atoms with E-state index in [0.29, 0.717) is 5.75 Å². The van der Waals surface area contributed by atoms with E-state index < -0.39 is 0 Å². The van der Waals surface area contributed by atoms with Crippen molar-refractivity contribution in [2.75, 3.05) is 11.1 Å². The number of hydrogen-bond acceptors (Lipinski definition) is 4. The summed E-state index contributed by atoms with van der Waals surface area (Å²) in [4.78, 5) is 16.3. The fourth-order valence-corrected chi connectivity index (χ4v) is 3.58. The molecule has 2 aromatic carbocycles. The molecule has 0 bridgehead atoms. The van der Waals surface area contributed by atoms with Crippen molar-refractivity contribution in [3.63, 3.8) is 0 Å². The van der Waals surface area contributed by atoms with Gasteiger partial charge in [0.15, 0.2) is 4.34 Å². The average Bonchev–Trinajstić information content (AvgIpc) is 2.89. The maximum Gasteiger partial charge on any atom is 0.234 e. The van der Waals surface area contributed by atoms with Gasteiger partial charge in [-0.3, -0.25) is 4.79 Å². The maximum absolute atomic E-state index is 11.8. The summed E-state index contributed by atoms with van der Waals surface area (Å²) in [5.74, 6) is 0.332. The second-order valence-corrected chi connectivity index (χ2v) is 6.33. The molecule has 1 radical (unpaired) electrons. The zero-order valence-corrected chi connectivity index (χ0v) is 12.1. The lowest BCUT2D eigenvalue weighted by Crippen LogP contribution is -2.13. The van der Waals surface area contributed by atoms with Crippen LogP contribution in [0.25, 0.3) is 10.2 Å². The Hall–Kier alpha value is -1.85. The summed E-state index contributed by atoms with van der Waals surface area (Å²) in [6, 6.07) is 18.1. The van der Waals surface area contributed by atoms with Crippen molar-refractivity contribution >= 4 is 44.9 Å². The SMILES string of the molecule is O=C(CSc1nc2ccccc2s1)Nc1cc[c]cc1. The number of rotatable bonds is 4.